The van der Waals surface area contributed by atoms with Crippen LogP contribution < -0.4 is 0 Å². The summed E-state index contributed by atoms with van der Waals surface area (Å²) in [6.07, 6.45) is 1.39. The summed E-state index contributed by atoms with van der Waals surface area (Å²) in [5, 5.41) is 13.6. The average molecular weight is 246 g/mol. The summed E-state index contributed by atoms with van der Waals surface area (Å²) in [6.45, 7) is 4.00. The molecule has 1 heterocycles. The third-order valence-corrected chi connectivity index (χ3v) is 2.83. The lowest BCUT2D eigenvalue weighted by atomic mass is 10.1. The summed E-state index contributed by atoms with van der Waals surface area (Å²) in [5.41, 5.74) is 2.98. The van der Waals surface area contributed by atoms with Gasteiger partial charge in [-0.15, -0.1) is 0 Å². The zero-order valence-corrected chi connectivity index (χ0v) is 10.5. The summed E-state index contributed by atoms with van der Waals surface area (Å²) < 4.78 is 5.99. The zero-order chi connectivity index (χ0) is 13.3. The summed E-state index contributed by atoms with van der Waals surface area (Å²) in [7, 11) is 1.25. The summed E-state index contributed by atoms with van der Waals surface area (Å²) >= 11 is 0. The van der Waals surface area contributed by atoms with Crippen LogP contribution in [-0.2, 0) is 4.74 Å². The lowest BCUT2D eigenvalue weighted by molar-refractivity contribution is 0.0590. The number of aromatic hydroxyl groups is 1. The van der Waals surface area contributed by atoms with Gasteiger partial charge in [0.15, 0.2) is 5.75 Å². The average Bonchev–Trinajstić information content (AvgIpc) is 2.74. The molecule has 0 saturated heterocycles. The maximum Gasteiger partial charge on any atom is 0.362 e. The Hall–Kier alpha value is -2.30. The van der Waals surface area contributed by atoms with E-state index >= 15 is 0 Å². The SMILES string of the molecule is COC(=O)c1nn(-c2ccc(C)c(C)c2)cc1O. The summed E-state index contributed by atoms with van der Waals surface area (Å²) in [6, 6.07) is 5.76. The molecule has 1 aromatic heterocycles. The molecule has 0 aliphatic rings. The van der Waals surface area contributed by atoms with Gasteiger partial charge in [-0.1, -0.05) is 6.07 Å². The van der Waals surface area contributed by atoms with Gasteiger partial charge in [-0.3, -0.25) is 0 Å². The van der Waals surface area contributed by atoms with Crippen molar-refractivity contribution in [3.8, 4) is 11.4 Å². The van der Waals surface area contributed by atoms with E-state index in [4.69, 9.17) is 0 Å². The van der Waals surface area contributed by atoms with Crippen molar-refractivity contribution in [2.24, 2.45) is 0 Å². The fourth-order valence-electron chi connectivity index (χ4n) is 1.61. The van der Waals surface area contributed by atoms with E-state index in [1.54, 1.807) is 0 Å². The Kier molecular flexibility index (Phi) is 3.06. The number of hydrogen-bond donors (Lipinski definition) is 1. The van der Waals surface area contributed by atoms with Gasteiger partial charge in [0, 0.05) is 0 Å². The normalized spacial score (nSPS) is 10.4. The summed E-state index contributed by atoms with van der Waals surface area (Å²) in [4.78, 5) is 11.3. The molecule has 0 amide bonds. The van der Waals surface area contributed by atoms with Gasteiger partial charge in [0.2, 0.25) is 5.69 Å². The molecule has 0 saturated carbocycles. The lowest BCUT2D eigenvalue weighted by Gasteiger charge is -2.04. The molecule has 0 atom stereocenters. The third kappa shape index (κ3) is 2.07. The van der Waals surface area contributed by atoms with Crippen molar-refractivity contribution in [2.75, 3.05) is 7.11 Å². The van der Waals surface area contributed by atoms with Crippen LogP contribution in [0.4, 0.5) is 0 Å². The van der Waals surface area contributed by atoms with E-state index in [1.165, 1.54) is 23.6 Å². The lowest BCUT2D eigenvalue weighted by Crippen LogP contribution is -2.04. The van der Waals surface area contributed by atoms with Gasteiger partial charge in [0.25, 0.3) is 0 Å². The molecular formula is C13H14N2O3. The fourth-order valence-corrected chi connectivity index (χ4v) is 1.61. The molecule has 0 fully saturated rings. The minimum Gasteiger partial charge on any atom is -0.504 e. The van der Waals surface area contributed by atoms with Crippen molar-refractivity contribution in [2.45, 2.75) is 13.8 Å². The van der Waals surface area contributed by atoms with Crippen LogP contribution in [-0.4, -0.2) is 28.0 Å². The zero-order valence-electron chi connectivity index (χ0n) is 10.5. The molecule has 0 unspecified atom stereocenters. The van der Waals surface area contributed by atoms with Gasteiger partial charge in [-0.2, -0.15) is 5.10 Å². The number of aromatic nitrogens is 2. The van der Waals surface area contributed by atoms with Gasteiger partial charge in [0.05, 0.1) is 19.0 Å². The Labute approximate surface area is 105 Å². The first-order chi connectivity index (χ1) is 8.52. The number of carbonyl (C=O) groups is 1. The molecule has 94 valence electrons. The number of benzene rings is 1. The third-order valence-electron chi connectivity index (χ3n) is 2.83. The first-order valence-electron chi connectivity index (χ1n) is 5.47. The van der Waals surface area contributed by atoms with Crippen LogP contribution in [0.5, 0.6) is 5.75 Å². The summed E-state index contributed by atoms with van der Waals surface area (Å²) in [5.74, 6) is -0.852. The topological polar surface area (TPSA) is 64.3 Å². The molecule has 0 spiro atoms. The largest absolute Gasteiger partial charge is 0.504 e. The van der Waals surface area contributed by atoms with E-state index in [9.17, 15) is 9.90 Å². The van der Waals surface area contributed by atoms with Gasteiger partial charge < -0.3 is 9.84 Å². The van der Waals surface area contributed by atoms with E-state index < -0.39 is 5.97 Å². The molecule has 1 aromatic carbocycles. The van der Waals surface area contributed by atoms with E-state index in [2.05, 4.69) is 9.84 Å². The highest BCUT2D eigenvalue weighted by Crippen LogP contribution is 2.20. The Bertz CT molecular complexity index is 602. The fraction of sp³-hybridized carbons (Fsp3) is 0.231. The van der Waals surface area contributed by atoms with Crippen LogP contribution in [0.25, 0.3) is 5.69 Å². The second-order valence-corrected chi connectivity index (χ2v) is 4.07. The quantitative estimate of drug-likeness (QED) is 0.823. The predicted molar refractivity (Wildman–Crippen MR) is 66.0 cm³/mol. The van der Waals surface area contributed by atoms with Gasteiger partial charge in [0.1, 0.15) is 0 Å². The van der Waals surface area contributed by atoms with E-state index in [-0.39, 0.29) is 11.4 Å². The van der Waals surface area contributed by atoms with Gasteiger partial charge in [-0.25, -0.2) is 9.48 Å². The van der Waals surface area contributed by atoms with Crippen LogP contribution in [0.3, 0.4) is 0 Å². The maximum atomic E-state index is 11.3. The highest BCUT2D eigenvalue weighted by Gasteiger charge is 2.17. The van der Waals surface area contributed by atoms with Crippen LogP contribution in [0.15, 0.2) is 24.4 Å². The number of ether oxygens (including phenoxy) is 1. The Morgan fingerprint density at radius 2 is 2.06 bits per heavy atom. The highest BCUT2D eigenvalue weighted by molar-refractivity contribution is 5.90. The predicted octanol–water partition coefficient (Wildman–Crippen LogP) is 1.98. The van der Waals surface area contributed by atoms with Crippen molar-refractivity contribution in [1.29, 1.82) is 0 Å². The molecule has 2 aromatic rings. The minimum absolute atomic E-state index is 0.0873. The second kappa shape index (κ2) is 4.52. The van der Waals surface area contributed by atoms with Crippen LogP contribution in [0.2, 0.25) is 0 Å². The highest BCUT2D eigenvalue weighted by atomic mass is 16.5. The van der Waals surface area contributed by atoms with Crippen molar-refractivity contribution >= 4 is 5.97 Å². The van der Waals surface area contributed by atoms with Crippen LogP contribution in [0, 0.1) is 13.8 Å². The number of nitrogens with zero attached hydrogens (tertiary/aromatic N) is 2. The van der Waals surface area contributed by atoms with Crippen LogP contribution in [0.1, 0.15) is 21.6 Å². The number of aryl methyl sites for hydroxylation is 2. The van der Waals surface area contributed by atoms with E-state index in [1.807, 2.05) is 32.0 Å². The van der Waals surface area contributed by atoms with Crippen molar-refractivity contribution < 1.29 is 14.6 Å². The second-order valence-electron chi connectivity index (χ2n) is 4.07. The molecule has 2 rings (SSSR count). The van der Waals surface area contributed by atoms with Crippen LogP contribution >= 0.6 is 0 Å². The van der Waals surface area contributed by atoms with Crippen molar-refractivity contribution in [1.82, 2.24) is 9.78 Å². The molecule has 5 heteroatoms. The standard InChI is InChI=1S/C13H14N2O3/c1-8-4-5-10(6-9(8)2)15-7-11(16)12(14-15)13(17)18-3/h4-7,16H,1-3H3. The number of hydrogen-bond acceptors (Lipinski definition) is 4. The number of methoxy groups -OCH3 is 1. The van der Waals surface area contributed by atoms with Gasteiger partial charge in [-0.05, 0) is 37.1 Å². The van der Waals surface area contributed by atoms with E-state index in [0.717, 1.165) is 11.3 Å². The molecule has 0 radical (unpaired) electrons. The molecule has 0 aliphatic carbocycles. The van der Waals surface area contributed by atoms with Crippen molar-refractivity contribution in [3.63, 3.8) is 0 Å². The number of rotatable bonds is 2. The smallest absolute Gasteiger partial charge is 0.362 e. The minimum atomic E-state index is -0.657. The Morgan fingerprint density at radius 1 is 1.33 bits per heavy atom. The van der Waals surface area contributed by atoms with Crippen molar-refractivity contribution in [3.05, 3.63) is 41.2 Å². The molecule has 1 N–H and O–H groups in total. The Balaban J connectivity index is 2.45. The number of esters is 1. The number of carbonyl (C=O) groups excluding carboxylic acids is 1. The monoisotopic (exact) mass is 246 g/mol. The molecule has 0 bridgehead atoms. The molecular weight excluding hydrogens is 232 g/mol. The molecule has 0 aliphatic heterocycles. The maximum absolute atomic E-state index is 11.3. The first-order valence-corrected chi connectivity index (χ1v) is 5.47. The molecule has 18 heavy (non-hydrogen) atoms. The first kappa shape index (κ1) is 12.2. The molecule has 5 nitrogen and oxygen atoms in total. The Morgan fingerprint density at radius 3 is 2.67 bits per heavy atom. The van der Waals surface area contributed by atoms with E-state index in [0.29, 0.717) is 0 Å². The van der Waals surface area contributed by atoms with Gasteiger partial charge >= 0.3 is 5.97 Å².